The summed E-state index contributed by atoms with van der Waals surface area (Å²) in [6.45, 7) is 7.22. The van der Waals surface area contributed by atoms with Crippen molar-refractivity contribution in [2.75, 3.05) is 25.1 Å². The van der Waals surface area contributed by atoms with E-state index in [0.29, 0.717) is 6.54 Å². The van der Waals surface area contributed by atoms with Crippen LogP contribution in [0.3, 0.4) is 0 Å². The molecule has 78 valence electrons. The lowest BCUT2D eigenvalue weighted by Gasteiger charge is -2.23. The second kappa shape index (κ2) is 4.47. The van der Waals surface area contributed by atoms with E-state index in [2.05, 4.69) is 37.8 Å². The van der Waals surface area contributed by atoms with Crippen molar-refractivity contribution in [3.8, 4) is 0 Å². The quantitative estimate of drug-likeness (QED) is 0.794. The van der Waals surface area contributed by atoms with E-state index in [1.165, 1.54) is 22.4 Å². The van der Waals surface area contributed by atoms with Gasteiger partial charge in [-0.15, -0.1) is 0 Å². The second-order valence-electron chi connectivity index (χ2n) is 3.89. The van der Waals surface area contributed by atoms with Crippen LogP contribution in [0.15, 0.2) is 12.1 Å². The predicted molar refractivity (Wildman–Crippen MR) is 61.0 cm³/mol. The van der Waals surface area contributed by atoms with Crippen molar-refractivity contribution in [1.82, 2.24) is 0 Å². The number of aliphatic hydroxyl groups is 1. The van der Waals surface area contributed by atoms with E-state index < -0.39 is 0 Å². The minimum atomic E-state index is 0.198. The van der Waals surface area contributed by atoms with Gasteiger partial charge < -0.3 is 10.0 Å². The fourth-order valence-corrected chi connectivity index (χ4v) is 2.04. The van der Waals surface area contributed by atoms with E-state index >= 15 is 0 Å². The Kier molecular flexibility index (Phi) is 3.53. The van der Waals surface area contributed by atoms with E-state index in [1.807, 2.05) is 7.05 Å². The van der Waals surface area contributed by atoms with E-state index in [0.717, 1.165) is 0 Å². The molecule has 0 bridgehead atoms. The topological polar surface area (TPSA) is 23.5 Å². The SMILES string of the molecule is Cc1cc(C)c(N(C)CCO)c(C)c1. The molecule has 2 nitrogen and oxygen atoms in total. The van der Waals surface area contributed by atoms with E-state index in [9.17, 15) is 0 Å². The number of hydrogen-bond acceptors (Lipinski definition) is 2. The standard InChI is InChI=1S/C12H19NO/c1-9-7-10(2)12(11(3)8-9)13(4)5-6-14/h7-8,14H,5-6H2,1-4H3. The molecular formula is C12H19NO. The van der Waals surface area contributed by atoms with Crippen molar-refractivity contribution < 1.29 is 5.11 Å². The summed E-state index contributed by atoms with van der Waals surface area (Å²) < 4.78 is 0. The summed E-state index contributed by atoms with van der Waals surface area (Å²) in [5, 5.41) is 8.89. The summed E-state index contributed by atoms with van der Waals surface area (Å²) in [5.74, 6) is 0. The molecule has 0 saturated carbocycles. The van der Waals surface area contributed by atoms with Gasteiger partial charge in [-0.3, -0.25) is 0 Å². The van der Waals surface area contributed by atoms with Crippen LogP contribution in [0.5, 0.6) is 0 Å². The van der Waals surface area contributed by atoms with Crippen LogP contribution in [-0.2, 0) is 0 Å². The second-order valence-corrected chi connectivity index (χ2v) is 3.89. The third-order valence-electron chi connectivity index (χ3n) is 2.45. The molecule has 0 saturated heterocycles. The first-order valence-corrected chi connectivity index (χ1v) is 4.96. The zero-order valence-corrected chi connectivity index (χ0v) is 9.46. The van der Waals surface area contributed by atoms with Crippen molar-refractivity contribution in [3.63, 3.8) is 0 Å². The van der Waals surface area contributed by atoms with Gasteiger partial charge >= 0.3 is 0 Å². The number of likely N-dealkylation sites (N-methyl/N-ethyl adjacent to an activating group) is 1. The Morgan fingerprint density at radius 2 is 1.64 bits per heavy atom. The predicted octanol–water partition coefficient (Wildman–Crippen LogP) is 2.04. The van der Waals surface area contributed by atoms with Crippen LogP contribution in [0.2, 0.25) is 0 Å². The lowest BCUT2D eigenvalue weighted by molar-refractivity contribution is 0.304. The van der Waals surface area contributed by atoms with Gasteiger partial charge in [-0.2, -0.15) is 0 Å². The summed E-state index contributed by atoms with van der Waals surface area (Å²) in [4.78, 5) is 2.10. The monoisotopic (exact) mass is 193 g/mol. The van der Waals surface area contributed by atoms with Crippen LogP contribution in [0.4, 0.5) is 5.69 Å². The molecule has 1 aromatic rings. The van der Waals surface area contributed by atoms with Crippen LogP contribution in [0, 0.1) is 20.8 Å². The highest BCUT2D eigenvalue weighted by Gasteiger charge is 2.07. The molecule has 1 aromatic carbocycles. The first kappa shape index (κ1) is 11.1. The zero-order valence-electron chi connectivity index (χ0n) is 9.46. The fraction of sp³-hybridized carbons (Fsp3) is 0.500. The van der Waals surface area contributed by atoms with Crippen molar-refractivity contribution in [2.24, 2.45) is 0 Å². The molecule has 1 rings (SSSR count). The summed E-state index contributed by atoms with van der Waals surface area (Å²) in [6.07, 6.45) is 0. The summed E-state index contributed by atoms with van der Waals surface area (Å²) >= 11 is 0. The number of anilines is 1. The summed E-state index contributed by atoms with van der Waals surface area (Å²) in [6, 6.07) is 4.35. The molecule has 0 spiro atoms. The van der Waals surface area contributed by atoms with Gasteiger partial charge in [0.25, 0.3) is 0 Å². The van der Waals surface area contributed by atoms with Gasteiger partial charge in [-0.25, -0.2) is 0 Å². The molecule has 0 aliphatic heterocycles. The van der Waals surface area contributed by atoms with Crippen molar-refractivity contribution in [2.45, 2.75) is 20.8 Å². The molecular weight excluding hydrogens is 174 g/mol. The number of benzene rings is 1. The molecule has 0 heterocycles. The number of hydrogen-bond donors (Lipinski definition) is 1. The number of aryl methyl sites for hydroxylation is 3. The van der Waals surface area contributed by atoms with Crippen molar-refractivity contribution >= 4 is 5.69 Å². The Labute approximate surface area is 86.2 Å². The molecule has 0 unspecified atom stereocenters. The molecule has 0 radical (unpaired) electrons. The maximum atomic E-state index is 8.89. The minimum absolute atomic E-state index is 0.198. The average molecular weight is 193 g/mol. The number of nitrogens with zero attached hydrogens (tertiary/aromatic N) is 1. The highest BCUT2D eigenvalue weighted by molar-refractivity contribution is 5.59. The first-order valence-electron chi connectivity index (χ1n) is 4.96. The van der Waals surface area contributed by atoms with E-state index in [-0.39, 0.29) is 6.61 Å². The number of rotatable bonds is 3. The molecule has 1 N–H and O–H groups in total. The van der Waals surface area contributed by atoms with Crippen LogP contribution < -0.4 is 4.90 Å². The summed E-state index contributed by atoms with van der Waals surface area (Å²) in [7, 11) is 2.01. The third-order valence-corrected chi connectivity index (χ3v) is 2.45. The van der Waals surface area contributed by atoms with Crippen molar-refractivity contribution in [3.05, 3.63) is 28.8 Å². The Bertz CT molecular complexity index is 297. The smallest absolute Gasteiger partial charge is 0.0606 e. The van der Waals surface area contributed by atoms with Crippen molar-refractivity contribution in [1.29, 1.82) is 0 Å². The third kappa shape index (κ3) is 2.26. The van der Waals surface area contributed by atoms with Crippen LogP contribution >= 0.6 is 0 Å². The van der Waals surface area contributed by atoms with Gasteiger partial charge in [0.15, 0.2) is 0 Å². The van der Waals surface area contributed by atoms with E-state index in [1.54, 1.807) is 0 Å². The fourth-order valence-electron chi connectivity index (χ4n) is 2.04. The summed E-state index contributed by atoms with van der Waals surface area (Å²) in [5.41, 5.74) is 5.09. The van der Waals surface area contributed by atoms with Crippen LogP contribution in [0.1, 0.15) is 16.7 Å². The van der Waals surface area contributed by atoms with Gasteiger partial charge in [0.05, 0.1) is 6.61 Å². The lowest BCUT2D eigenvalue weighted by Crippen LogP contribution is -2.22. The van der Waals surface area contributed by atoms with Gasteiger partial charge in [0.1, 0.15) is 0 Å². The average Bonchev–Trinajstić information content (AvgIpc) is 2.01. The maximum Gasteiger partial charge on any atom is 0.0606 e. The molecule has 0 amide bonds. The minimum Gasteiger partial charge on any atom is -0.395 e. The van der Waals surface area contributed by atoms with Gasteiger partial charge in [0.2, 0.25) is 0 Å². The van der Waals surface area contributed by atoms with Gasteiger partial charge in [0, 0.05) is 19.3 Å². The Morgan fingerprint density at radius 1 is 1.14 bits per heavy atom. The molecule has 0 fully saturated rings. The molecule has 0 aliphatic rings. The Morgan fingerprint density at radius 3 is 2.07 bits per heavy atom. The molecule has 2 heteroatoms. The molecule has 14 heavy (non-hydrogen) atoms. The Hall–Kier alpha value is -1.02. The first-order chi connectivity index (χ1) is 6.56. The zero-order chi connectivity index (χ0) is 10.7. The normalized spacial score (nSPS) is 10.4. The Balaban J connectivity index is 3.07. The van der Waals surface area contributed by atoms with Gasteiger partial charge in [-0.1, -0.05) is 17.7 Å². The van der Waals surface area contributed by atoms with Crippen LogP contribution in [0.25, 0.3) is 0 Å². The molecule has 0 aliphatic carbocycles. The van der Waals surface area contributed by atoms with Gasteiger partial charge in [-0.05, 0) is 31.9 Å². The highest BCUT2D eigenvalue weighted by atomic mass is 16.3. The largest absolute Gasteiger partial charge is 0.395 e. The highest BCUT2D eigenvalue weighted by Crippen LogP contribution is 2.24. The maximum absolute atomic E-state index is 8.89. The number of aliphatic hydroxyl groups excluding tert-OH is 1. The molecule has 0 aromatic heterocycles. The lowest BCUT2D eigenvalue weighted by atomic mass is 10.0. The molecule has 0 atom stereocenters. The van der Waals surface area contributed by atoms with E-state index in [4.69, 9.17) is 5.11 Å². The van der Waals surface area contributed by atoms with Crippen LogP contribution in [-0.4, -0.2) is 25.3 Å².